The number of hydrogen-bond acceptors (Lipinski definition) is 3. The van der Waals surface area contributed by atoms with Crippen molar-refractivity contribution in [3.8, 4) is 5.75 Å². The number of carbonyl (C=O) groups excluding carboxylic acids is 1. The number of amides is 2. The third kappa shape index (κ3) is 4.41. The first kappa shape index (κ1) is 14.7. The Morgan fingerprint density at radius 2 is 2.05 bits per heavy atom. The molecule has 0 bridgehead atoms. The summed E-state index contributed by atoms with van der Waals surface area (Å²) in [4.78, 5) is 15.3. The van der Waals surface area contributed by atoms with Crippen LogP contribution < -0.4 is 15.4 Å². The second kappa shape index (κ2) is 6.65. The Balaban J connectivity index is 1.92. The molecule has 0 spiro atoms. The van der Waals surface area contributed by atoms with Crippen LogP contribution in [0, 0.1) is 11.6 Å². The SMILES string of the molecule is COc1cc(F)cc(CNC(=O)Nc2ccc(F)cn2)c1. The molecule has 0 aliphatic heterocycles. The minimum absolute atomic E-state index is 0.112. The molecule has 0 fully saturated rings. The number of ether oxygens (including phenoxy) is 1. The van der Waals surface area contributed by atoms with Crippen molar-refractivity contribution < 1.29 is 18.3 Å². The van der Waals surface area contributed by atoms with Crippen molar-refractivity contribution in [3.63, 3.8) is 0 Å². The number of rotatable bonds is 4. The van der Waals surface area contributed by atoms with Gasteiger partial charge in [0.25, 0.3) is 0 Å². The lowest BCUT2D eigenvalue weighted by molar-refractivity contribution is 0.251. The number of hydrogen-bond donors (Lipinski definition) is 2. The lowest BCUT2D eigenvalue weighted by atomic mass is 10.2. The summed E-state index contributed by atoms with van der Waals surface area (Å²) in [5, 5.41) is 4.96. The van der Waals surface area contributed by atoms with Crippen LogP contribution in [0.25, 0.3) is 0 Å². The molecule has 2 N–H and O–H groups in total. The first-order valence-corrected chi connectivity index (χ1v) is 6.06. The van der Waals surface area contributed by atoms with E-state index in [1.165, 1.54) is 31.4 Å². The van der Waals surface area contributed by atoms with Gasteiger partial charge in [-0.15, -0.1) is 0 Å². The van der Waals surface area contributed by atoms with Crippen LogP contribution in [-0.2, 0) is 6.54 Å². The quantitative estimate of drug-likeness (QED) is 0.911. The first-order valence-electron chi connectivity index (χ1n) is 6.06. The number of nitrogens with zero attached hydrogens (tertiary/aromatic N) is 1. The van der Waals surface area contributed by atoms with Crippen molar-refractivity contribution in [1.29, 1.82) is 0 Å². The molecule has 0 saturated heterocycles. The van der Waals surface area contributed by atoms with Crippen LogP contribution in [0.15, 0.2) is 36.5 Å². The Kier molecular flexibility index (Phi) is 4.65. The van der Waals surface area contributed by atoms with E-state index < -0.39 is 17.7 Å². The topological polar surface area (TPSA) is 63.2 Å². The number of nitrogens with one attached hydrogen (secondary N) is 2. The molecule has 2 aromatic rings. The fraction of sp³-hybridized carbons (Fsp3) is 0.143. The van der Waals surface area contributed by atoms with E-state index in [4.69, 9.17) is 4.74 Å². The summed E-state index contributed by atoms with van der Waals surface area (Å²) in [6, 6.07) is 6.13. The van der Waals surface area contributed by atoms with Crippen LogP contribution in [0.5, 0.6) is 5.75 Å². The highest BCUT2D eigenvalue weighted by Crippen LogP contribution is 2.15. The normalized spacial score (nSPS) is 10.0. The zero-order chi connectivity index (χ0) is 15.2. The summed E-state index contributed by atoms with van der Waals surface area (Å²) in [6.07, 6.45) is 0.993. The zero-order valence-corrected chi connectivity index (χ0v) is 11.2. The Labute approximate surface area is 120 Å². The molecule has 21 heavy (non-hydrogen) atoms. The maximum absolute atomic E-state index is 13.3. The summed E-state index contributed by atoms with van der Waals surface area (Å²) < 4.78 is 30.9. The molecule has 1 aromatic heterocycles. The van der Waals surface area contributed by atoms with Gasteiger partial charge >= 0.3 is 6.03 Å². The van der Waals surface area contributed by atoms with Gasteiger partial charge in [0, 0.05) is 12.6 Å². The van der Waals surface area contributed by atoms with Gasteiger partial charge in [0.15, 0.2) is 0 Å². The fourth-order valence-electron chi connectivity index (χ4n) is 1.63. The van der Waals surface area contributed by atoms with E-state index in [0.29, 0.717) is 11.3 Å². The lowest BCUT2D eigenvalue weighted by Crippen LogP contribution is -2.28. The Bertz CT molecular complexity index is 633. The highest BCUT2D eigenvalue weighted by molar-refractivity contribution is 5.88. The van der Waals surface area contributed by atoms with E-state index in [2.05, 4.69) is 15.6 Å². The molecule has 110 valence electrons. The maximum Gasteiger partial charge on any atom is 0.320 e. The summed E-state index contributed by atoms with van der Waals surface area (Å²) in [6.45, 7) is 0.112. The summed E-state index contributed by atoms with van der Waals surface area (Å²) >= 11 is 0. The van der Waals surface area contributed by atoms with Gasteiger partial charge in [-0.3, -0.25) is 5.32 Å². The van der Waals surface area contributed by atoms with Gasteiger partial charge in [0.2, 0.25) is 0 Å². The van der Waals surface area contributed by atoms with Crippen LogP contribution in [0.4, 0.5) is 19.4 Å². The minimum atomic E-state index is -0.530. The average Bonchev–Trinajstić information content (AvgIpc) is 2.47. The summed E-state index contributed by atoms with van der Waals surface area (Å²) in [7, 11) is 1.43. The molecule has 0 atom stereocenters. The molecule has 1 heterocycles. The Morgan fingerprint density at radius 3 is 2.71 bits per heavy atom. The molecule has 7 heteroatoms. The first-order chi connectivity index (χ1) is 10.1. The molecule has 2 amide bonds. The van der Waals surface area contributed by atoms with Crippen molar-refractivity contribution >= 4 is 11.8 Å². The molecule has 0 aliphatic rings. The molecular formula is C14H13F2N3O2. The number of pyridine rings is 1. The third-order valence-corrected chi connectivity index (χ3v) is 2.59. The molecule has 2 rings (SSSR count). The van der Waals surface area contributed by atoms with Crippen molar-refractivity contribution in [1.82, 2.24) is 10.3 Å². The predicted octanol–water partition coefficient (Wildman–Crippen LogP) is 2.69. The highest BCUT2D eigenvalue weighted by Gasteiger charge is 2.05. The van der Waals surface area contributed by atoms with Crippen LogP contribution in [0.1, 0.15) is 5.56 Å². The number of carbonyl (C=O) groups is 1. The van der Waals surface area contributed by atoms with Crippen molar-refractivity contribution in [2.24, 2.45) is 0 Å². The molecule has 0 unspecified atom stereocenters. The Morgan fingerprint density at radius 1 is 1.24 bits per heavy atom. The van der Waals surface area contributed by atoms with E-state index in [1.54, 1.807) is 6.07 Å². The molecule has 1 aromatic carbocycles. The predicted molar refractivity (Wildman–Crippen MR) is 73.0 cm³/mol. The second-order valence-electron chi connectivity index (χ2n) is 4.17. The van der Waals surface area contributed by atoms with Crippen molar-refractivity contribution in [3.05, 3.63) is 53.7 Å². The third-order valence-electron chi connectivity index (χ3n) is 2.59. The van der Waals surface area contributed by atoms with Crippen LogP contribution in [-0.4, -0.2) is 18.1 Å². The maximum atomic E-state index is 13.3. The fourth-order valence-corrected chi connectivity index (χ4v) is 1.63. The molecule has 5 nitrogen and oxygen atoms in total. The standard InChI is InChI=1S/C14H13F2N3O2/c1-21-12-5-9(4-11(16)6-12)7-18-14(20)19-13-3-2-10(15)8-17-13/h2-6,8H,7H2,1H3,(H2,17,18,19,20). The molecule has 0 aliphatic carbocycles. The lowest BCUT2D eigenvalue weighted by Gasteiger charge is -2.08. The number of urea groups is 1. The van der Waals surface area contributed by atoms with Gasteiger partial charge < -0.3 is 10.1 Å². The number of aromatic nitrogens is 1. The second-order valence-corrected chi connectivity index (χ2v) is 4.17. The zero-order valence-electron chi connectivity index (χ0n) is 11.2. The minimum Gasteiger partial charge on any atom is -0.497 e. The van der Waals surface area contributed by atoms with E-state index in [9.17, 15) is 13.6 Å². The van der Waals surface area contributed by atoms with Crippen LogP contribution >= 0.6 is 0 Å². The van der Waals surface area contributed by atoms with Crippen LogP contribution in [0.2, 0.25) is 0 Å². The number of benzene rings is 1. The van der Waals surface area contributed by atoms with E-state index >= 15 is 0 Å². The Hall–Kier alpha value is -2.70. The van der Waals surface area contributed by atoms with Gasteiger partial charge in [-0.2, -0.15) is 0 Å². The average molecular weight is 293 g/mol. The highest BCUT2D eigenvalue weighted by atomic mass is 19.1. The number of anilines is 1. The van der Waals surface area contributed by atoms with Gasteiger partial charge in [-0.1, -0.05) is 0 Å². The van der Waals surface area contributed by atoms with E-state index in [-0.39, 0.29) is 12.4 Å². The summed E-state index contributed by atoms with van der Waals surface area (Å²) in [5.41, 5.74) is 0.550. The molecule has 0 saturated carbocycles. The monoisotopic (exact) mass is 293 g/mol. The van der Waals surface area contributed by atoms with Gasteiger partial charge in [-0.25, -0.2) is 18.6 Å². The molecular weight excluding hydrogens is 280 g/mol. The summed E-state index contributed by atoms with van der Waals surface area (Å²) in [5.74, 6) is -0.363. The van der Waals surface area contributed by atoms with Gasteiger partial charge in [0.1, 0.15) is 23.2 Å². The number of methoxy groups -OCH3 is 1. The largest absolute Gasteiger partial charge is 0.497 e. The van der Waals surface area contributed by atoms with E-state index in [1.807, 2.05) is 0 Å². The smallest absolute Gasteiger partial charge is 0.320 e. The van der Waals surface area contributed by atoms with Crippen molar-refractivity contribution in [2.75, 3.05) is 12.4 Å². The van der Waals surface area contributed by atoms with Gasteiger partial charge in [-0.05, 0) is 29.8 Å². The number of halogens is 2. The molecule has 0 radical (unpaired) electrons. The van der Waals surface area contributed by atoms with E-state index in [0.717, 1.165) is 6.20 Å². The van der Waals surface area contributed by atoms with Gasteiger partial charge in [0.05, 0.1) is 13.3 Å². The van der Waals surface area contributed by atoms with Crippen LogP contribution in [0.3, 0.4) is 0 Å². The van der Waals surface area contributed by atoms with Crippen molar-refractivity contribution in [2.45, 2.75) is 6.54 Å².